The topological polar surface area (TPSA) is 46.3 Å². The zero-order valence-electron chi connectivity index (χ0n) is 12.2. The number of nitrogens with zero attached hydrogens (tertiary/aromatic N) is 1. The van der Waals surface area contributed by atoms with E-state index >= 15 is 0 Å². The monoisotopic (exact) mass is 278 g/mol. The van der Waals surface area contributed by atoms with Crippen molar-refractivity contribution < 1.29 is 4.79 Å². The van der Waals surface area contributed by atoms with E-state index in [9.17, 15) is 4.79 Å². The van der Waals surface area contributed by atoms with Gasteiger partial charge in [0, 0.05) is 12.7 Å². The van der Waals surface area contributed by atoms with Crippen LogP contribution in [0.1, 0.15) is 25.0 Å². The van der Waals surface area contributed by atoms with Gasteiger partial charge in [-0.05, 0) is 31.4 Å². The van der Waals surface area contributed by atoms with Crippen LogP contribution in [0.5, 0.6) is 0 Å². The minimum Gasteiger partial charge on any atom is -0.393 e. The molecule has 0 spiro atoms. The van der Waals surface area contributed by atoms with Gasteiger partial charge in [-0.25, -0.2) is 0 Å². The largest absolute Gasteiger partial charge is 0.393 e. The lowest BCUT2D eigenvalue weighted by Crippen LogP contribution is -2.42. The van der Waals surface area contributed by atoms with Gasteiger partial charge in [0.1, 0.15) is 0 Å². The molecule has 1 aromatic rings. The van der Waals surface area contributed by atoms with Crippen molar-refractivity contribution in [3.05, 3.63) is 29.3 Å². The molecular formula is C15H22N2OS. The summed E-state index contributed by atoms with van der Waals surface area (Å²) < 4.78 is 0. The molecule has 0 saturated heterocycles. The number of thiocarbonyl (C=S) groups is 1. The summed E-state index contributed by atoms with van der Waals surface area (Å²) in [6, 6.07) is 6.01. The first kappa shape index (κ1) is 15.6. The molecule has 1 rings (SSSR count). The van der Waals surface area contributed by atoms with Crippen LogP contribution in [0.3, 0.4) is 0 Å². The first-order chi connectivity index (χ1) is 8.75. The molecule has 19 heavy (non-hydrogen) atoms. The van der Waals surface area contributed by atoms with Gasteiger partial charge in [-0.1, -0.05) is 43.8 Å². The number of nitrogens with two attached hydrogens (primary N) is 1. The molecule has 0 aliphatic heterocycles. The molecule has 3 nitrogen and oxygen atoms in total. The molecule has 0 aliphatic carbocycles. The number of carbonyl (C=O) groups excluding carboxylic acids is 1. The van der Waals surface area contributed by atoms with Gasteiger partial charge in [0.15, 0.2) is 0 Å². The summed E-state index contributed by atoms with van der Waals surface area (Å²) in [4.78, 5) is 14.4. The molecule has 0 fully saturated rings. The van der Waals surface area contributed by atoms with E-state index in [2.05, 4.69) is 6.07 Å². The lowest BCUT2D eigenvalue weighted by atomic mass is 9.94. The molecule has 0 aliphatic rings. The van der Waals surface area contributed by atoms with E-state index in [-0.39, 0.29) is 16.8 Å². The molecule has 1 aromatic carbocycles. The van der Waals surface area contributed by atoms with E-state index in [4.69, 9.17) is 18.0 Å². The lowest BCUT2D eigenvalue weighted by Gasteiger charge is -2.26. The first-order valence-corrected chi connectivity index (χ1v) is 6.80. The van der Waals surface area contributed by atoms with Crippen molar-refractivity contribution in [2.75, 3.05) is 11.9 Å². The van der Waals surface area contributed by atoms with Crippen LogP contribution in [0, 0.1) is 25.7 Å². The smallest absolute Gasteiger partial charge is 0.236 e. The number of rotatable bonds is 4. The van der Waals surface area contributed by atoms with Crippen molar-refractivity contribution in [2.24, 2.45) is 17.6 Å². The summed E-state index contributed by atoms with van der Waals surface area (Å²) in [7, 11) is 1.77. The second-order valence-electron chi connectivity index (χ2n) is 5.31. The van der Waals surface area contributed by atoms with Crippen molar-refractivity contribution in [3.8, 4) is 0 Å². The number of anilines is 1. The van der Waals surface area contributed by atoms with Crippen molar-refractivity contribution >= 4 is 28.8 Å². The van der Waals surface area contributed by atoms with Gasteiger partial charge in [-0.15, -0.1) is 0 Å². The van der Waals surface area contributed by atoms with E-state index in [1.165, 1.54) is 5.56 Å². The van der Waals surface area contributed by atoms with Gasteiger partial charge < -0.3 is 10.6 Å². The lowest BCUT2D eigenvalue weighted by molar-refractivity contribution is -0.121. The summed E-state index contributed by atoms with van der Waals surface area (Å²) in [5, 5.41) is 0. The number of aryl methyl sites for hydroxylation is 2. The molecule has 0 aromatic heterocycles. The highest BCUT2D eigenvalue weighted by Gasteiger charge is 2.28. The predicted octanol–water partition coefficient (Wildman–Crippen LogP) is 2.82. The number of benzene rings is 1. The summed E-state index contributed by atoms with van der Waals surface area (Å²) >= 11 is 5.02. The number of amides is 1. The van der Waals surface area contributed by atoms with Crippen LogP contribution < -0.4 is 10.6 Å². The van der Waals surface area contributed by atoms with Crippen LogP contribution in [0.2, 0.25) is 0 Å². The van der Waals surface area contributed by atoms with E-state index < -0.39 is 5.92 Å². The van der Waals surface area contributed by atoms with Gasteiger partial charge in [0.2, 0.25) is 5.91 Å². The van der Waals surface area contributed by atoms with Gasteiger partial charge in [0.05, 0.1) is 10.9 Å². The normalized spacial score (nSPS) is 12.3. The third kappa shape index (κ3) is 3.53. The second kappa shape index (κ2) is 6.15. The molecule has 4 heteroatoms. The molecule has 1 amide bonds. The Morgan fingerprint density at radius 2 is 1.89 bits per heavy atom. The molecular weight excluding hydrogens is 256 g/mol. The fourth-order valence-electron chi connectivity index (χ4n) is 2.24. The highest BCUT2D eigenvalue weighted by Crippen LogP contribution is 2.23. The summed E-state index contributed by atoms with van der Waals surface area (Å²) in [5.41, 5.74) is 8.85. The Morgan fingerprint density at radius 3 is 2.32 bits per heavy atom. The summed E-state index contributed by atoms with van der Waals surface area (Å²) in [5.74, 6) is -0.367. The number of hydrogen-bond acceptors (Lipinski definition) is 2. The van der Waals surface area contributed by atoms with E-state index in [1.54, 1.807) is 11.9 Å². The zero-order valence-corrected chi connectivity index (χ0v) is 13.0. The maximum absolute atomic E-state index is 12.5. The Kier molecular flexibility index (Phi) is 5.06. The highest BCUT2D eigenvalue weighted by atomic mass is 32.1. The van der Waals surface area contributed by atoms with Crippen LogP contribution in [-0.2, 0) is 4.79 Å². The molecule has 0 heterocycles. The molecule has 0 bridgehead atoms. The van der Waals surface area contributed by atoms with Gasteiger partial charge in [-0.3, -0.25) is 4.79 Å². The van der Waals surface area contributed by atoms with Crippen LogP contribution >= 0.6 is 12.2 Å². The number of hydrogen-bond donors (Lipinski definition) is 1. The van der Waals surface area contributed by atoms with E-state index in [0.717, 1.165) is 11.3 Å². The Morgan fingerprint density at radius 1 is 1.32 bits per heavy atom. The molecule has 1 atom stereocenters. The van der Waals surface area contributed by atoms with Crippen molar-refractivity contribution in [3.63, 3.8) is 0 Å². The fraction of sp³-hybridized carbons (Fsp3) is 0.467. The Bertz CT molecular complexity index is 497. The first-order valence-electron chi connectivity index (χ1n) is 6.39. The molecule has 0 radical (unpaired) electrons. The maximum atomic E-state index is 12.5. The minimum absolute atomic E-state index is 0.0468. The standard InChI is InChI=1S/C15H22N2OS/c1-9(2)13(14(16)19)15(18)17(5)12-7-6-10(3)8-11(12)4/h6-9,13H,1-5H3,(H2,16,19). The molecule has 2 N–H and O–H groups in total. The van der Waals surface area contributed by atoms with Crippen molar-refractivity contribution in [1.82, 2.24) is 0 Å². The van der Waals surface area contributed by atoms with Crippen LogP contribution in [0.4, 0.5) is 5.69 Å². The summed E-state index contributed by atoms with van der Waals surface area (Å²) in [6.07, 6.45) is 0. The highest BCUT2D eigenvalue weighted by molar-refractivity contribution is 7.80. The second-order valence-corrected chi connectivity index (χ2v) is 5.78. The van der Waals surface area contributed by atoms with E-state index in [1.807, 2.05) is 39.8 Å². The molecule has 0 saturated carbocycles. The Balaban J connectivity index is 3.08. The third-order valence-corrected chi connectivity index (χ3v) is 3.54. The average molecular weight is 278 g/mol. The van der Waals surface area contributed by atoms with Crippen LogP contribution in [0.15, 0.2) is 18.2 Å². The van der Waals surface area contributed by atoms with E-state index in [0.29, 0.717) is 0 Å². The SMILES string of the molecule is Cc1ccc(N(C)C(=O)C(C(N)=S)C(C)C)c(C)c1. The molecule has 104 valence electrons. The average Bonchev–Trinajstić information content (AvgIpc) is 2.26. The van der Waals surface area contributed by atoms with Crippen LogP contribution in [0.25, 0.3) is 0 Å². The van der Waals surface area contributed by atoms with Crippen molar-refractivity contribution in [2.45, 2.75) is 27.7 Å². The Labute approximate surface area is 120 Å². The Hall–Kier alpha value is -1.42. The maximum Gasteiger partial charge on any atom is 0.236 e. The van der Waals surface area contributed by atoms with Crippen LogP contribution in [-0.4, -0.2) is 17.9 Å². The summed E-state index contributed by atoms with van der Waals surface area (Å²) in [6.45, 7) is 7.94. The van der Waals surface area contributed by atoms with Gasteiger partial charge in [0.25, 0.3) is 0 Å². The van der Waals surface area contributed by atoms with Gasteiger partial charge in [-0.2, -0.15) is 0 Å². The zero-order chi connectivity index (χ0) is 14.7. The number of carbonyl (C=O) groups is 1. The van der Waals surface area contributed by atoms with Crippen molar-refractivity contribution in [1.29, 1.82) is 0 Å². The van der Waals surface area contributed by atoms with Gasteiger partial charge >= 0.3 is 0 Å². The molecule has 1 unspecified atom stereocenters. The minimum atomic E-state index is -0.416. The third-order valence-electron chi connectivity index (χ3n) is 3.28. The quantitative estimate of drug-likeness (QED) is 0.861. The predicted molar refractivity (Wildman–Crippen MR) is 84.4 cm³/mol. The fourth-order valence-corrected chi connectivity index (χ4v) is 2.62.